The van der Waals surface area contributed by atoms with Crippen molar-refractivity contribution in [3.63, 3.8) is 0 Å². The summed E-state index contributed by atoms with van der Waals surface area (Å²) in [6.45, 7) is 0. The molecule has 22 heavy (non-hydrogen) atoms. The van der Waals surface area contributed by atoms with Crippen LogP contribution in [-0.4, -0.2) is 21.4 Å². The average Bonchev–Trinajstić information content (AvgIpc) is 2.95. The van der Waals surface area contributed by atoms with Crippen LogP contribution in [0.2, 0.25) is 0 Å². The summed E-state index contributed by atoms with van der Waals surface area (Å²) < 4.78 is 12.6. The molecule has 0 aliphatic rings. The third kappa shape index (κ3) is 1.96. The lowest BCUT2D eigenvalue weighted by molar-refractivity contribution is 0.416. The van der Waals surface area contributed by atoms with Gasteiger partial charge in [-0.05, 0) is 12.1 Å². The van der Waals surface area contributed by atoms with Crippen molar-refractivity contribution in [1.82, 2.24) is 14.3 Å². The van der Waals surface area contributed by atoms with Gasteiger partial charge in [0.05, 0.1) is 12.8 Å². The Morgan fingerprint density at radius 3 is 2.64 bits per heavy atom. The van der Waals surface area contributed by atoms with Crippen LogP contribution in [0, 0.1) is 0 Å². The molecule has 0 saturated carbocycles. The Bertz CT molecular complexity index is 967. The normalized spacial score (nSPS) is 10.9. The van der Waals surface area contributed by atoms with Gasteiger partial charge in [-0.1, -0.05) is 17.3 Å². The highest BCUT2D eigenvalue weighted by Crippen LogP contribution is 2.28. The quantitative estimate of drug-likeness (QED) is 0.775. The molecule has 0 radical (unpaired) electrons. The van der Waals surface area contributed by atoms with Gasteiger partial charge in [0, 0.05) is 14.1 Å². The summed E-state index contributed by atoms with van der Waals surface area (Å²) in [6.07, 6.45) is 0. The monoisotopic (exact) mass is 302 g/mol. The molecule has 3 aromatic rings. The number of rotatable bonds is 3. The van der Waals surface area contributed by atoms with Crippen molar-refractivity contribution in [2.75, 3.05) is 12.4 Å². The van der Waals surface area contributed by atoms with Crippen LogP contribution in [0.3, 0.4) is 0 Å². The molecule has 114 valence electrons. The smallest absolute Gasteiger partial charge is 0.333 e. The Labute approximate surface area is 124 Å². The average molecular weight is 302 g/mol. The maximum absolute atomic E-state index is 12.3. The molecule has 1 aromatic carbocycles. The predicted molar refractivity (Wildman–Crippen MR) is 80.8 cm³/mol. The minimum atomic E-state index is -0.475. The molecule has 8 nitrogen and oxygen atoms in total. The minimum Gasteiger partial charge on any atom is -0.495 e. The van der Waals surface area contributed by atoms with Crippen molar-refractivity contribution in [1.29, 1.82) is 0 Å². The molecule has 0 spiro atoms. The van der Waals surface area contributed by atoms with Crippen molar-refractivity contribution in [2.24, 2.45) is 14.1 Å². The third-order valence-corrected chi connectivity index (χ3v) is 3.43. The van der Waals surface area contributed by atoms with Crippen molar-refractivity contribution in [2.45, 2.75) is 0 Å². The summed E-state index contributed by atoms with van der Waals surface area (Å²) in [6, 6.07) is 7.21. The zero-order chi connectivity index (χ0) is 15.9. The summed E-state index contributed by atoms with van der Waals surface area (Å²) in [7, 11) is 4.47. The first-order valence-corrected chi connectivity index (χ1v) is 6.50. The van der Waals surface area contributed by atoms with E-state index in [0.717, 1.165) is 4.57 Å². The molecule has 1 N–H and O–H groups in total. The predicted octanol–water partition coefficient (Wildman–Crippen LogP) is 0.977. The molecule has 0 atom stereocenters. The number of aryl methyl sites for hydroxylation is 1. The van der Waals surface area contributed by atoms with Crippen molar-refractivity contribution in [3.05, 3.63) is 45.1 Å². The van der Waals surface area contributed by atoms with Gasteiger partial charge in [0.1, 0.15) is 11.1 Å². The van der Waals surface area contributed by atoms with Crippen molar-refractivity contribution in [3.8, 4) is 5.75 Å². The van der Waals surface area contributed by atoms with Crippen LogP contribution in [-0.2, 0) is 14.1 Å². The Morgan fingerprint density at radius 1 is 1.18 bits per heavy atom. The van der Waals surface area contributed by atoms with Crippen LogP contribution in [0.5, 0.6) is 5.75 Å². The van der Waals surface area contributed by atoms with Gasteiger partial charge in [0.15, 0.2) is 5.82 Å². The number of benzene rings is 1. The number of ether oxygens (including phenoxy) is 1. The Hall–Kier alpha value is -3.03. The van der Waals surface area contributed by atoms with Crippen LogP contribution < -0.4 is 21.3 Å². The summed E-state index contributed by atoms with van der Waals surface area (Å²) in [5.41, 5.74) is -0.198. The van der Waals surface area contributed by atoms with E-state index in [1.807, 2.05) is 12.1 Å². The van der Waals surface area contributed by atoms with Crippen molar-refractivity contribution >= 4 is 22.6 Å². The number of hydrogen-bond acceptors (Lipinski definition) is 6. The Balaban J connectivity index is 2.21. The number of nitrogens with zero attached hydrogens (tertiary/aromatic N) is 3. The molecular weight excluding hydrogens is 288 g/mol. The van der Waals surface area contributed by atoms with E-state index in [2.05, 4.69) is 10.5 Å². The molecule has 2 aromatic heterocycles. The van der Waals surface area contributed by atoms with Crippen molar-refractivity contribution < 1.29 is 9.26 Å². The molecule has 0 aliphatic heterocycles. The summed E-state index contributed by atoms with van der Waals surface area (Å²) in [4.78, 5) is 24.2. The number of methoxy groups -OCH3 is 1. The van der Waals surface area contributed by atoms with Crippen LogP contribution in [0.1, 0.15) is 0 Å². The van der Waals surface area contributed by atoms with E-state index in [-0.39, 0.29) is 16.9 Å². The van der Waals surface area contributed by atoms with Crippen LogP contribution in [0.25, 0.3) is 11.1 Å². The first kappa shape index (κ1) is 13.9. The second-order valence-corrected chi connectivity index (χ2v) is 4.74. The lowest BCUT2D eigenvalue weighted by atomic mass is 10.3. The number of anilines is 2. The molecule has 2 heterocycles. The minimum absolute atomic E-state index is 0.116. The molecule has 0 unspecified atom stereocenters. The van der Waals surface area contributed by atoms with Gasteiger partial charge in [-0.2, -0.15) is 0 Å². The summed E-state index contributed by atoms with van der Waals surface area (Å²) in [5, 5.41) is 7.06. The van der Waals surface area contributed by atoms with E-state index in [0.29, 0.717) is 11.4 Å². The molecular formula is C14H14N4O4. The van der Waals surface area contributed by atoms with Gasteiger partial charge in [-0.15, -0.1) is 0 Å². The fourth-order valence-corrected chi connectivity index (χ4v) is 2.23. The van der Waals surface area contributed by atoms with E-state index in [1.165, 1.54) is 18.7 Å². The maximum atomic E-state index is 12.3. The van der Waals surface area contributed by atoms with Gasteiger partial charge in [0.25, 0.3) is 5.56 Å². The second-order valence-electron chi connectivity index (χ2n) is 4.74. The van der Waals surface area contributed by atoms with E-state index in [4.69, 9.17) is 9.26 Å². The number of hydrogen-bond donors (Lipinski definition) is 1. The number of aromatic nitrogens is 3. The standard InChI is InChI=1S/C14H14N4O4/c1-17-12(19)10-11(16-22-13(10)18(2)14(17)20)15-8-6-4-5-7-9(8)21-3/h4-7H,1-3H3,(H,15,16). The van der Waals surface area contributed by atoms with Crippen LogP contribution in [0.4, 0.5) is 11.5 Å². The van der Waals surface area contributed by atoms with Gasteiger partial charge in [0.2, 0.25) is 5.71 Å². The highest BCUT2D eigenvalue weighted by Gasteiger charge is 2.19. The third-order valence-electron chi connectivity index (χ3n) is 3.43. The van der Waals surface area contributed by atoms with Gasteiger partial charge < -0.3 is 14.6 Å². The highest BCUT2D eigenvalue weighted by atomic mass is 16.5. The van der Waals surface area contributed by atoms with Crippen LogP contribution in [0.15, 0.2) is 38.4 Å². The Kier molecular flexibility index (Phi) is 3.21. The van der Waals surface area contributed by atoms with Gasteiger partial charge in [-0.3, -0.25) is 13.9 Å². The lowest BCUT2D eigenvalue weighted by Crippen LogP contribution is -2.36. The molecule has 0 fully saturated rings. The second kappa shape index (κ2) is 5.06. The molecule has 0 aliphatic carbocycles. The van der Waals surface area contributed by atoms with E-state index < -0.39 is 11.2 Å². The molecule has 8 heteroatoms. The summed E-state index contributed by atoms with van der Waals surface area (Å²) >= 11 is 0. The zero-order valence-electron chi connectivity index (χ0n) is 12.3. The molecule has 0 saturated heterocycles. The fraction of sp³-hybridized carbons (Fsp3) is 0.214. The van der Waals surface area contributed by atoms with E-state index in [9.17, 15) is 9.59 Å². The maximum Gasteiger partial charge on any atom is 0.333 e. The van der Waals surface area contributed by atoms with Gasteiger partial charge in [-0.25, -0.2) is 4.79 Å². The first-order valence-electron chi connectivity index (χ1n) is 6.50. The lowest BCUT2D eigenvalue weighted by Gasteiger charge is -2.08. The fourth-order valence-electron chi connectivity index (χ4n) is 2.23. The molecule has 0 bridgehead atoms. The summed E-state index contributed by atoms with van der Waals surface area (Å²) in [5.74, 6) is 0.830. The van der Waals surface area contributed by atoms with Gasteiger partial charge >= 0.3 is 5.69 Å². The SMILES string of the molecule is COc1ccccc1Nc1noc2c1c(=O)n(C)c(=O)n2C. The molecule has 0 amide bonds. The number of nitrogens with one attached hydrogen (secondary N) is 1. The van der Waals surface area contributed by atoms with E-state index >= 15 is 0 Å². The Morgan fingerprint density at radius 2 is 1.91 bits per heavy atom. The largest absolute Gasteiger partial charge is 0.495 e. The molecule has 3 rings (SSSR count). The zero-order valence-corrected chi connectivity index (χ0v) is 12.3. The highest BCUT2D eigenvalue weighted by molar-refractivity contribution is 5.87. The number of para-hydroxylation sites is 2. The topological polar surface area (TPSA) is 91.3 Å². The van der Waals surface area contributed by atoms with Crippen LogP contribution >= 0.6 is 0 Å². The number of fused-ring (bicyclic) bond motifs is 1. The first-order chi connectivity index (χ1) is 10.5. The van der Waals surface area contributed by atoms with E-state index in [1.54, 1.807) is 19.2 Å².